The third-order valence-electron chi connectivity index (χ3n) is 5.36. The maximum Gasteiger partial charge on any atom is 0.227 e. The number of para-hydroxylation sites is 1. The summed E-state index contributed by atoms with van der Waals surface area (Å²) < 4.78 is 0. The molecule has 0 radical (unpaired) electrons. The molecule has 4 rings (SSSR count). The average Bonchev–Trinajstić information content (AvgIpc) is 3.05. The summed E-state index contributed by atoms with van der Waals surface area (Å²) in [6.07, 6.45) is 1.64. The number of nitrogens with zero attached hydrogens (tertiary/aromatic N) is 2. The second kappa shape index (κ2) is 6.40. The monoisotopic (exact) mass is 320 g/mol. The van der Waals surface area contributed by atoms with Gasteiger partial charge < -0.3 is 4.90 Å². The molecule has 1 unspecified atom stereocenters. The van der Waals surface area contributed by atoms with Crippen molar-refractivity contribution in [2.24, 2.45) is 0 Å². The van der Waals surface area contributed by atoms with Crippen LogP contribution in [-0.4, -0.2) is 30.4 Å². The van der Waals surface area contributed by atoms with Crippen LogP contribution in [-0.2, 0) is 17.8 Å². The summed E-state index contributed by atoms with van der Waals surface area (Å²) in [5, 5.41) is 0. The molecule has 0 N–H and O–H groups in total. The Morgan fingerprint density at radius 1 is 1.12 bits per heavy atom. The third kappa shape index (κ3) is 2.73. The highest BCUT2D eigenvalue weighted by Gasteiger charge is 2.36. The predicted octanol–water partition coefficient (Wildman–Crippen LogP) is 3.59. The van der Waals surface area contributed by atoms with E-state index in [2.05, 4.69) is 60.4 Å². The van der Waals surface area contributed by atoms with Crippen LogP contribution in [0.1, 0.15) is 36.0 Å². The molecule has 2 heterocycles. The smallest absolute Gasteiger partial charge is 0.227 e. The summed E-state index contributed by atoms with van der Waals surface area (Å²) >= 11 is 0. The number of rotatable bonds is 5. The molecule has 2 aliphatic heterocycles. The Kier molecular flexibility index (Phi) is 4.11. The van der Waals surface area contributed by atoms with Gasteiger partial charge in [-0.2, -0.15) is 0 Å². The van der Waals surface area contributed by atoms with Gasteiger partial charge >= 0.3 is 0 Å². The standard InChI is InChI=1S/C21H24N2O/c1-2-22(14-16-7-4-3-5-8-16)15-18-13-20(24)23-12-11-17-9-6-10-19(18)21(17)23/h3-10,18H,2,11-15H2,1H3. The van der Waals surface area contributed by atoms with Crippen LogP contribution in [0.5, 0.6) is 0 Å². The fourth-order valence-corrected chi connectivity index (χ4v) is 4.12. The summed E-state index contributed by atoms with van der Waals surface area (Å²) in [7, 11) is 0. The zero-order valence-electron chi connectivity index (χ0n) is 14.2. The number of likely N-dealkylation sites (N-methyl/N-ethyl adjacent to an activating group) is 1. The Labute approximate surface area is 143 Å². The fraction of sp³-hybridized carbons (Fsp3) is 0.381. The summed E-state index contributed by atoms with van der Waals surface area (Å²) in [6.45, 7) is 5.95. The molecule has 2 aromatic rings. The molecular weight excluding hydrogens is 296 g/mol. The number of hydrogen-bond donors (Lipinski definition) is 0. The van der Waals surface area contributed by atoms with Gasteiger partial charge in [0.05, 0.1) is 5.69 Å². The lowest BCUT2D eigenvalue weighted by atomic mass is 9.88. The summed E-state index contributed by atoms with van der Waals surface area (Å²) in [4.78, 5) is 17.0. The van der Waals surface area contributed by atoms with E-state index in [4.69, 9.17) is 0 Å². The normalized spacial score (nSPS) is 19.0. The van der Waals surface area contributed by atoms with Crippen molar-refractivity contribution in [2.75, 3.05) is 24.5 Å². The molecule has 2 aliphatic rings. The topological polar surface area (TPSA) is 23.6 Å². The highest BCUT2D eigenvalue weighted by molar-refractivity contribution is 5.99. The Hall–Kier alpha value is -2.13. The van der Waals surface area contributed by atoms with Crippen molar-refractivity contribution in [1.82, 2.24) is 4.90 Å². The highest BCUT2D eigenvalue weighted by Crippen LogP contribution is 2.42. The number of carbonyl (C=O) groups is 1. The van der Waals surface area contributed by atoms with Crippen molar-refractivity contribution in [3.05, 3.63) is 65.2 Å². The molecule has 0 aromatic heterocycles. The minimum absolute atomic E-state index is 0.299. The largest absolute Gasteiger partial charge is 0.312 e. The lowest BCUT2D eigenvalue weighted by molar-refractivity contribution is -0.119. The second-order valence-corrected chi connectivity index (χ2v) is 6.86. The van der Waals surface area contributed by atoms with Crippen LogP contribution in [0.4, 0.5) is 5.69 Å². The first-order valence-corrected chi connectivity index (χ1v) is 8.94. The van der Waals surface area contributed by atoms with Crippen molar-refractivity contribution in [1.29, 1.82) is 0 Å². The van der Waals surface area contributed by atoms with Gasteiger partial charge in [-0.25, -0.2) is 0 Å². The minimum Gasteiger partial charge on any atom is -0.312 e. The van der Waals surface area contributed by atoms with Crippen LogP contribution in [0.2, 0.25) is 0 Å². The van der Waals surface area contributed by atoms with Crippen LogP contribution < -0.4 is 4.90 Å². The van der Waals surface area contributed by atoms with E-state index < -0.39 is 0 Å². The summed E-state index contributed by atoms with van der Waals surface area (Å²) in [5.74, 6) is 0.610. The van der Waals surface area contributed by atoms with E-state index in [0.29, 0.717) is 18.2 Å². The fourth-order valence-electron chi connectivity index (χ4n) is 4.12. The molecule has 1 atom stereocenters. The van der Waals surface area contributed by atoms with E-state index in [1.54, 1.807) is 0 Å². The Morgan fingerprint density at radius 3 is 2.75 bits per heavy atom. The van der Waals surface area contributed by atoms with Crippen LogP contribution in [0, 0.1) is 0 Å². The maximum absolute atomic E-state index is 12.6. The van der Waals surface area contributed by atoms with E-state index in [-0.39, 0.29) is 0 Å². The maximum atomic E-state index is 12.6. The molecule has 0 saturated heterocycles. The Bertz CT molecular complexity index is 741. The van der Waals surface area contributed by atoms with Crippen LogP contribution in [0.3, 0.4) is 0 Å². The summed E-state index contributed by atoms with van der Waals surface area (Å²) in [5.41, 5.74) is 5.27. The number of amides is 1. The first kappa shape index (κ1) is 15.4. The van der Waals surface area contributed by atoms with E-state index in [1.165, 1.54) is 22.4 Å². The lowest BCUT2D eigenvalue weighted by Gasteiger charge is -2.34. The van der Waals surface area contributed by atoms with E-state index in [1.807, 2.05) is 4.90 Å². The molecule has 2 aromatic carbocycles. The van der Waals surface area contributed by atoms with Crippen molar-refractivity contribution >= 4 is 11.6 Å². The molecule has 24 heavy (non-hydrogen) atoms. The molecule has 0 bridgehead atoms. The van der Waals surface area contributed by atoms with Crippen molar-refractivity contribution in [3.8, 4) is 0 Å². The molecule has 1 amide bonds. The zero-order valence-corrected chi connectivity index (χ0v) is 14.2. The first-order valence-electron chi connectivity index (χ1n) is 8.94. The number of benzene rings is 2. The van der Waals surface area contributed by atoms with Crippen LogP contribution in [0.15, 0.2) is 48.5 Å². The Morgan fingerprint density at radius 2 is 1.96 bits per heavy atom. The van der Waals surface area contributed by atoms with Gasteiger partial charge in [0, 0.05) is 32.0 Å². The van der Waals surface area contributed by atoms with Gasteiger partial charge in [-0.15, -0.1) is 0 Å². The van der Waals surface area contributed by atoms with Crippen LogP contribution in [0.25, 0.3) is 0 Å². The lowest BCUT2D eigenvalue weighted by Crippen LogP contribution is -2.38. The molecule has 124 valence electrons. The number of anilines is 1. The first-order chi connectivity index (χ1) is 11.8. The second-order valence-electron chi connectivity index (χ2n) is 6.86. The van der Waals surface area contributed by atoms with Crippen molar-refractivity contribution < 1.29 is 4.79 Å². The van der Waals surface area contributed by atoms with Gasteiger partial charge in [-0.3, -0.25) is 9.69 Å². The van der Waals surface area contributed by atoms with Crippen LogP contribution >= 0.6 is 0 Å². The molecule has 0 aliphatic carbocycles. The van der Waals surface area contributed by atoms with Gasteiger partial charge in [-0.05, 0) is 29.7 Å². The average molecular weight is 320 g/mol. The molecule has 3 heteroatoms. The quantitative estimate of drug-likeness (QED) is 0.840. The molecular formula is C21H24N2O. The number of carbonyl (C=O) groups excluding carboxylic acids is 1. The van der Waals surface area contributed by atoms with Gasteiger partial charge in [0.1, 0.15) is 0 Å². The predicted molar refractivity (Wildman–Crippen MR) is 97.3 cm³/mol. The van der Waals surface area contributed by atoms with Crippen molar-refractivity contribution in [2.45, 2.75) is 32.2 Å². The minimum atomic E-state index is 0.299. The van der Waals surface area contributed by atoms with Gasteiger partial charge in [0.15, 0.2) is 0 Å². The number of hydrogen-bond acceptors (Lipinski definition) is 2. The molecule has 0 saturated carbocycles. The third-order valence-corrected chi connectivity index (χ3v) is 5.36. The molecule has 0 spiro atoms. The SMILES string of the molecule is CCN(Cc1ccccc1)CC1CC(=O)N2CCc3cccc1c32. The summed E-state index contributed by atoms with van der Waals surface area (Å²) in [6, 6.07) is 17.2. The molecule has 0 fully saturated rings. The van der Waals surface area contributed by atoms with Gasteiger partial charge in [0.2, 0.25) is 5.91 Å². The van der Waals surface area contributed by atoms with Gasteiger partial charge in [-0.1, -0.05) is 55.5 Å². The van der Waals surface area contributed by atoms with E-state index in [9.17, 15) is 4.79 Å². The van der Waals surface area contributed by atoms with E-state index >= 15 is 0 Å². The molecule has 3 nitrogen and oxygen atoms in total. The highest BCUT2D eigenvalue weighted by atomic mass is 16.2. The van der Waals surface area contributed by atoms with Crippen molar-refractivity contribution in [3.63, 3.8) is 0 Å². The Balaban J connectivity index is 1.57. The van der Waals surface area contributed by atoms with Gasteiger partial charge in [0.25, 0.3) is 0 Å². The van der Waals surface area contributed by atoms with E-state index in [0.717, 1.165) is 32.6 Å². The zero-order chi connectivity index (χ0) is 16.5.